The van der Waals surface area contributed by atoms with E-state index >= 15 is 0 Å². The summed E-state index contributed by atoms with van der Waals surface area (Å²) in [4.78, 5) is 15.1. The Morgan fingerprint density at radius 1 is 1.25 bits per heavy atom. The highest BCUT2D eigenvalue weighted by Gasteiger charge is 2.40. The van der Waals surface area contributed by atoms with Crippen molar-refractivity contribution in [2.24, 2.45) is 17.6 Å². The van der Waals surface area contributed by atoms with Crippen LogP contribution in [0.25, 0.3) is 0 Å². The number of nitrogens with two attached hydrogens (primary N) is 1. The predicted molar refractivity (Wildman–Crippen MR) is 96.3 cm³/mol. The third kappa shape index (κ3) is 4.70. The summed E-state index contributed by atoms with van der Waals surface area (Å²) >= 11 is 0. The number of amides is 1. The first-order valence-electron chi connectivity index (χ1n) is 8.78. The highest BCUT2D eigenvalue weighted by Crippen LogP contribution is 2.35. The first-order chi connectivity index (χ1) is 11.0. The molecule has 0 aromatic heterocycles. The third-order valence-electron chi connectivity index (χ3n) is 5.33. The standard InChI is InChI=1S/C19H27FN2O.ClH/c1-19(21)11-3-2-4-17(19)18(23)22(12-14-5-6-14)13-15-7-9-16(20)10-8-15;/h7-10,14,17H,2-6,11-13,21H2,1H3;1H. The van der Waals surface area contributed by atoms with E-state index in [4.69, 9.17) is 5.73 Å². The minimum atomic E-state index is -0.403. The summed E-state index contributed by atoms with van der Waals surface area (Å²) in [5.41, 5.74) is 7.00. The van der Waals surface area contributed by atoms with Gasteiger partial charge in [-0.15, -0.1) is 12.4 Å². The number of halogens is 2. The van der Waals surface area contributed by atoms with Crippen molar-refractivity contribution >= 4 is 18.3 Å². The minimum absolute atomic E-state index is 0. The molecule has 2 atom stereocenters. The Kier molecular flexibility index (Phi) is 6.27. The smallest absolute Gasteiger partial charge is 0.227 e. The molecule has 1 aromatic rings. The second-order valence-electron chi connectivity index (χ2n) is 7.59. The average molecular weight is 355 g/mol. The van der Waals surface area contributed by atoms with E-state index in [1.807, 2.05) is 11.8 Å². The van der Waals surface area contributed by atoms with Crippen molar-refractivity contribution in [3.8, 4) is 0 Å². The molecular weight excluding hydrogens is 327 g/mol. The van der Waals surface area contributed by atoms with Gasteiger partial charge in [0.25, 0.3) is 0 Å². The summed E-state index contributed by atoms with van der Waals surface area (Å²) in [5, 5.41) is 0. The van der Waals surface area contributed by atoms with Gasteiger partial charge in [-0.1, -0.05) is 25.0 Å². The maximum Gasteiger partial charge on any atom is 0.227 e. The Morgan fingerprint density at radius 2 is 1.92 bits per heavy atom. The fourth-order valence-electron chi connectivity index (χ4n) is 3.64. The van der Waals surface area contributed by atoms with Gasteiger partial charge < -0.3 is 10.6 Å². The summed E-state index contributed by atoms with van der Waals surface area (Å²) in [7, 11) is 0. The fourth-order valence-corrected chi connectivity index (χ4v) is 3.64. The second-order valence-corrected chi connectivity index (χ2v) is 7.59. The first-order valence-corrected chi connectivity index (χ1v) is 8.78. The summed E-state index contributed by atoms with van der Waals surface area (Å²) in [6, 6.07) is 6.46. The van der Waals surface area contributed by atoms with Gasteiger partial charge in [0.05, 0.1) is 5.92 Å². The van der Waals surface area contributed by atoms with E-state index in [9.17, 15) is 9.18 Å². The lowest BCUT2D eigenvalue weighted by atomic mass is 9.74. The Labute approximate surface area is 150 Å². The van der Waals surface area contributed by atoms with Crippen LogP contribution in [0.3, 0.4) is 0 Å². The third-order valence-corrected chi connectivity index (χ3v) is 5.33. The van der Waals surface area contributed by atoms with Gasteiger partial charge in [-0.3, -0.25) is 4.79 Å². The van der Waals surface area contributed by atoms with Gasteiger partial charge >= 0.3 is 0 Å². The van der Waals surface area contributed by atoms with Crippen LogP contribution in [0.2, 0.25) is 0 Å². The number of hydrogen-bond donors (Lipinski definition) is 1. The molecule has 3 rings (SSSR count). The number of carbonyl (C=O) groups excluding carboxylic acids is 1. The van der Waals surface area contributed by atoms with Crippen LogP contribution < -0.4 is 5.73 Å². The van der Waals surface area contributed by atoms with Gasteiger partial charge in [-0.25, -0.2) is 4.39 Å². The van der Waals surface area contributed by atoms with E-state index in [0.717, 1.165) is 37.8 Å². The van der Waals surface area contributed by atoms with E-state index in [2.05, 4.69) is 0 Å². The Balaban J connectivity index is 0.00000208. The Bertz CT molecular complexity index is 557. The number of carbonyl (C=O) groups is 1. The van der Waals surface area contributed by atoms with Gasteiger partial charge in [-0.05, 0) is 56.2 Å². The van der Waals surface area contributed by atoms with E-state index < -0.39 is 5.54 Å². The molecule has 0 spiro atoms. The molecule has 2 aliphatic carbocycles. The van der Waals surface area contributed by atoms with Crippen molar-refractivity contribution in [2.75, 3.05) is 6.54 Å². The number of nitrogens with zero attached hydrogens (tertiary/aromatic N) is 1. The van der Waals surface area contributed by atoms with Crippen molar-refractivity contribution in [3.05, 3.63) is 35.6 Å². The molecule has 1 amide bonds. The highest BCUT2D eigenvalue weighted by molar-refractivity contribution is 5.85. The topological polar surface area (TPSA) is 46.3 Å². The molecule has 0 aliphatic heterocycles. The molecule has 2 fully saturated rings. The van der Waals surface area contributed by atoms with Crippen molar-refractivity contribution in [1.82, 2.24) is 4.90 Å². The fraction of sp³-hybridized carbons (Fsp3) is 0.632. The molecule has 24 heavy (non-hydrogen) atoms. The molecule has 134 valence electrons. The van der Waals surface area contributed by atoms with Crippen LogP contribution in [0.5, 0.6) is 0 Å². The van der Waals surface area contributed by atoms with Crippen LogP contribution in [0.1, 0.15) is 51.0 Å². The maximum atomic E-state index is 13.1. The highest BCUT2D eigenvalue weighted by atomic mass is 35.5. The molecule has 0 heterocycles. The van der Waals surface area contributed by atoms with Crippen LogP contribution in [0.15, 0.2) is 24.3 Å². The zero-order valence-electron chi connectivity index (χ0n) is 14.3. The van der Waals surface area contributed by atoms with E-state index in [0.29, 0.717) is 12.5 Å². The summed E-state index contributed by atoms with van der Waals surface area (Å²) in [5.74, 6) is 0.490. The largest absolute Gasteiger partial charge is 0.338 e. The first kappa shape index (κ1) is 19.2. The van der Waals surface area contributed by atoms with Gasteiger partial charge in [0, 0.05) is 18.6 Å². The number of rotatable bonds is 5. The van der Waals surface area contributed by atoms with Crippen LogP contribution in [-0.2, 0) is 11.3 Å². The van der Waals surface area contributed by atoms with Crippen LogP contribution in [-0.4, -0.2) is 22.9 Å². The molecule has 2 N–H and O–H groups in total. The van der Waals surface area contributed by atoms with Crippen molar-refractivity contribution in [3.63, 3.8) is 0 Å². The maximum absolute atomic E-state index is 13.1. The zero-order valence-corrected chi connectivity index (χ0v) is 15.2. The molecule has 1 aromatic carbocycles. The van der Waals surface area contributed by atoms with Crippen molar-refractivity contribution in [2.45, 2.75) is 57.5 Å². The molecule has 0 saturated heterocycles. The average Bonchev–Trinajstić information content (AvgIpc) is 3.32. The van der Waals surface area contributed by atoms with Gasteiger partial charge in [0.2, 0.25) is 5.91 Å². The Morgan fingerprint density at radius 3 is 2.50 bits per heavy atom. The van der Waals surface area contributed by atoms with E-state index in [1.54, 1.807) is 12.1 Å². The van der Waals surface area contributed by atoms with Gasteiger partial charge in [-0.2, -0.15) is 0 Å². The van der Waals surface area contributed by atoms with Crippen LogP contribution in [0.4, 0.5) is 4.39 Å². The van der Waals surface area contributed by atoms with E-state index in [1.165, 1.54) is 25.0 Å². The number of benzene rings is 1. The summed E-state index contributed by atoms with van der Waals surface area (Å²) < 4.78 is 13.1. The lowest BCUT2D eigenvalue weighted by molar-refractivity contribution is -0.139. The second kappa shape index (κ2) is 7.83. The van der Waals surface area contributed by atoms with Crippen LogP contribution in [0, 0.1) is 17.7 Å². The summed E-state index contributed by atoms with van der Waals surface area (Å²) in [6.45, 7) is 3.38. The van der Waals surface area contributed by atoms with Crippen molar-refractivity contribution < 1.29 is 9.18 Å². The van der Waals surface area contributed by atoms with E-state index in [-0.39, 0.29) is 30.0 Å². The molecule has 0 radical (unpaired) electrons. The molecule has 5 heteroatoms. The monoisotopic (exact) mass is 354 g/mol. The predicted octanol–water partition coefficient (Wildman–Crippen LogP) is 3.89. The molecule has 2 aliphatic rings. The SMILES string of the molecule is CC1(N)CCCCC1C(=O)N(Cc1ccc(F)cc1)CC1CC1.Cl. The summed E-state index contributed by atoms with van der Waals surface area (Å²) in [6.07, 6.45) is 6.40. The minimum Gasteiger partial charge on any atom is -0.338 e. The molecule has 2 unspecified atom stereocenters. The number of hydrogen-bond acceptors (Lipinski definition) is 2. The molecule has 0 bridgehead atoms. The quantitative estimate of drug-likeness (QED) is 0.871. The lowest BCUT2D eigenvalue weighted by Crippen LogP contribution is -2.53. The zero-order chi connectivity index (χ0) is 16.4. The molecule has 3 nitrogen and oxygen atoms in total. The van der Waals surface area contributed by atoms with Crippen molar-refractivity contribution in [1.29, 1.82) is 0 Å². The van der Waals surface area contributed by atoms with Gasteiger partial charge in [0.1, 0.15) is 5.82 Å². The van der Waals surface area contributed by atoms with Gasteiger partial charge in [0.15, 0.2) is 0 Å². The Hall–Kier alpha value is -1.13. The van der Waals surface area contributed by atoms with Crippen LogP contribution >= 0.6 is 12.4 Å². The molecule has 2 saturated carbocycles. The normalized spacial score (nSPS) is 26.5. The lowest BCUT2D eigenvalue weighted by Gasteiger charge is -2.40. The molecular formula is C19H28ClFN2O.